The van der Waals surface area contributed by atoms with Gasteiger partial charge in [-0.3, -0.25) is 4.79 Å². The normalized spacial score (nSPS) is 16.8. The van der Waals surface area contributed by atoms with Crippen LogP contribution in [0, 0.1) is 0 Å². The van der Waals surface area contributed by atoms with Gasteiger partial charge < -0.3 is 24.2 Å². The molecule has 2 aromatic rings. The summed E-state index contributed by atoms with van der Waals surface area (Å²) in [6.45, 7) is 3.19. The number of hydrogen-bond donors (Lipinski definition) is 1. The van der Waals surface area contributed by atoms with Gasteiger partial charge in [-0.2, -0.15) is 0 Å². The lowest BCUT2D eigenvalue weighted by Crippen LogP contribution is -2.42. The van der Waals surface area contributed by atoms with E-state index >= 15 is 0 Å². The van der Waals surface area contributed by atoms with Gasteiger partial charge in [0.15, 0.2) is 18.1 Å². The molecule has 1 aliphatic heterocycles. The first-order valence-electron chi connectivity index (χ1n) is 8.64. The van der Waals surface area contributed by atoms with Crippen molar-refractivity contribution in [1.29, 1.82) is 0 Å². The topological polar surface area (TPSA) is 85.3 Å². The second-order valence-electron chi connectivity index (χ2n) is 5.90. The lowest BCUT2D eigenvalue weighted by atomic mass is 10.1. The fourth-order valence-electron chi connectivity index (χ4n) is 2.83. The fourth-order valence-corrected chi connectivity index (χ4v) is 3.60. The van der Waals surface area contributed by atoms with Crippen molar-refractivity contribution in [2.45, 2.75) is 13.0 Å². The van der Waals surface area contributed by atoms with E-state index < -0.39 is 12.6 Å². The van der Waals surface area contributed by atoms with Gasteiger partial charge in [-0.15, -0.1) is 11.3 Å². The molecule has 3 rings (SSSR count). The average Bonchev–Trinajstić information content (AvgIpc) is 3.21. The van der Waals surface area contributed by atoms with E-state index in [0.717, 1.165) is 4.88 Å². The summed E-state index contributed by atoms with van der Waals surface area (Å²) in [7, 11) is 0. The van der Waals surface area contributed by atoms with Crippen molar-refractivity contribution in [2.75, 3.05) is 32.9 Å². The first-order chi connectivity index (χ1) is 13.1. The fraction of sp³-hybridized carbons (Fsp3) is 0.368. The van der Waals surface area contributed by atoms with Crippen molar-refractivity contribution >= 4 is 23.2 Å². The number of aliphatic carboxylic acids is 1. The van der Waals surface area contributed by atoms with E-state index in [1.54, 1.807) is 34.4 Å². The summed E-state index contributed by atoms with van der Waals surface area (Å²) < 4.78 is 16.5. The summed E-state index contributed by atoms with van der Waals surface area (Å²) in [5.74, 6) is -0.543. The Bertz CT molecular complexity index is 792. The van der Waals surface area contributed by atoms with E-state index in [0.29, 0.717) is 43.4 Å². The van der Waals surface area contributed by atoms with Crippen LogP contribution < -0.4 is 9.47 Å². The van der Waals surface area contributed by atoms with Crippen LogP contribution in [0.1, 0.15) is 28.3 Å². The highest BCUT2D eigenvalue weighted by Gasteiger charge is 2.27. The molecule has 1 atom stereocenters. The zero-order valence-electron chi connectivity index (χ0n) is 14.9. The van der Waals surface area contributed by atoms with E-state index in [1.807, 2.05) is 24.4 Å². The lowest BCUT2D eigenvalue weighted by Gasteiger charge is -2.32. The maximum absolute atomic E-state index is 12.9. The van der Waals surface area contributed by atoms with Gasteiger partial charge in [0.2, 0.25) is 0 Å². The van der Waals surface area contributed by atoms with Crippen LogP contribution in [0.3, 0.4) is 0 Å². The Hall–Kier alpha value is -2.58. The van der Waals surface area contributed by atoms with E-state index in [-0.39, 0.29) is 12.0 Å². The summed E-state index contributed by atoms with van der Waals surface area (Å²) in [6, 6.07) is 8.76. The van der Waals surface area contributed by atoms with Crippen molar-refractivity contribution in [1.82, 2.24) is 4.90 Å². The number of carbonyl (C=O) groups excluding carboxylic acids is 1. The molecule has 1 aromatic carbocycles. The zero-order valence-corrected chi connectivity index (χ0v) is 15.7. The SMILES string of the molecule is CCOc1cc(C(=O)N2CCOC(c3cccs3)C2)ccc1OCC(=O)O. The highest BCUT2D eigenvalue weighted by Crippen LogP contribution is 2.31. The van der Waals surface area contributed by atoms with Gasteiger partial charge in [0.1, 0.15) is 6.10 Å². The molecule has 1 aliphatic rings. The molecule has 0 spiro atoms. The summed E-state index contributed by atoms with van der Waals surface area (Å²) in [4.78, 5) is 26.5. The van der Waals surface area contributed by atoms with Gasteiger partial charge in [-0.05, 0) is 36.6 Å². The van der Waals surface area contributed by atoms with Crippen molar-refractivity contribution in [3.8, 4) is 11.5 Å². The molecule has 1 saturated heterocycles. The van der Waals surface area contributed by atoms with Crippen molar-refractivity contribution < 1.29 is 28.9 Å². The third-order valence-corrected chi connectivity index (χ3v) is 5.02. The number of carboxylic acid groups (broad SMARTS) is 1. The van der Waals surface area contributed by atoms with Gasteiger partial charge in [0.05, 0.1) is 19.8 Å². The minimum Gasteiger partial charge on any atom is -0.490 e. The number of amides is 1. The lowest BCUT2D eigenvalue weighted by molar-refractivity contribution is -0.139. The first-order valence-corrected chi connectivity index (χ1v) is 9.52. The molecule has 1 N–H and O–H groups in total. The van der Waals surface area contributed by atoms with Gasteiger partial charge >= 0.3 is 5.97 Å². The molecule has 27 heavy (non-hydrogen) atoms. The average molecular weight is 391 g/mol. The van der Waals surface area contributed by atoms with E-state index in [2.05, 4.69) is 0 Å². The van der Waals surface area contributed by atoms with Crippen LogP contribution in [0.5, 0.6) is 11.5 Å². The molecule has 2 heterocycles. The molecule has 1 amide bonds. The molecule has 0 radical (unpaired) electrons. The van der Waals surface area contributed by atoms with Crippen LogP contribution in [0.4, 0.5) is 0 Å². The van der Waals surface area contributed by atoms with Crippen LogP contribution in [0.25, 0.3) is 0 Å². The predicted octanol–water partition coefficient (Wildman–Crippen LogP) is 2.82. The molecule has 0 saturated carbocycles. The summed E-state index contributed by atoms with van der Waals surface area (Å²) >= 11 is 1.61. The number of nitrogens with zero attached hydrogens (tertiary/aromatic N) is 1. The molecule has 1 unspecified atom stereocenters. The third kappa shape index (κ3) is 4.78. The van der Waals surface area contributed by atoms with Gasteiger partial charge in [-0.1, -0.05) is 6.07 Å². The van der Waals surface area contributed by atoms with Crippen molar-refractivity contribution in [3.63, 3.8) is 0 Å². The minimum atomic E-state index is -1.08. The van der Waals surface area contributed by atoms with Crippen LogP contribution >= 0.6 is 11.3 Å². The highest BCUT2D eigenvalue weighted by atomic mass is 32.1. The zero-order chi connectivity index (χ0) is 19.2. The molecule has 144 valence electrons. The minimum absolute atomic E-state index is 0.118. The standard InChI is InChI=1S/C19H21NO6S/c1-2-24-15-10-13(5-6-14(15)26-12-18(21)22)19(23)20-7-8-25-16(11-20)17-4-3-9-27-17/h3-6,9-10,16H,2,7-8,11-12H2,1H3,(H,21,22). The summed E-state index contributed by atoms with van der Waals surface area (Å²) in [6.07, 6.45) is -0.118. The number of rotatable bonds is 7. The van der Waals surface area contributed by atoms with Crippen LogP contribution in [-0.4, -0.2) is 54.8 Å². The second kappa shape index (κ2) is 8.88. The van der Waals surface area contributed by atoms with Gasteiger partial charge in [-0.25, -0.2) is 4.79 Å². The number of ether oxygens (including phenoxy) is 3. The molecule has 0 bridgehead atoms. The van der Waals surface area contributed by atoms with Crippen molar-refractivity contribution in [2.24, 2.45) is 0 Å². The van der Waals surface area contributed by atoms with Crippen molar-refractivity contribution in [3.05, 3.63) is 46.2 Å². The van der Waals surface area contributed by atoms with E-state index in [1.165, 1.54) is 0 Å². The molecule has 0 aliphatic carbocycles. The number of carboxylic acids is 1. The Morgan fingerprint density at radius 3 is 2.85 bits per heavy atom. The summed E-state index contributed by atoms with van der Waals surface area (Å²) in [5, 5.41) is 10.8. The number of thiophene rings is 1. The number of hydrogen-bond acceptors (Lipinski definition) is 6. The highest BCUT2D eigenvalue weighted by molar-refractivity contribution is 7.10. The molecular formula is C19H21NO6S. The maximum atomic E-state index is 12.9. The predicted molar refractivity (Wildman–Crippen MR) is 99.7 cm³/mol. The Kier molecular flexibility index (Phi) is 6.31. The maximum Gasteiger partial charge on any atom is 0.341 e. The van der Waals surface area contributed by atoms with Gasteiger partial charge in [0, 0.05) is 17.0 Å². The van der Waals surface area contributed by atoms with Crippen LogP contribution in [0.15, 0.2) is 35.7 Å². The Morgan fingerprint density at radius 2 is 2.15 bits per heavy atom. The number of morpholine rings is 1. The van der Waals surface area contributed by atoms with Crippen LogP contribution in [-0.2, 0) is 9.53 Å². The molecule has 8 heteroatoms. The molecule has 1 fully saturated rings. The summed E-state index contributed by atoms with van der Waals surface area (Å²) in [5.41, 5.74) is 0.466. The first kappa shape index (κ1) is 19.2. The van der Waals surface area contributed by atoms with Gasteiger partial charge in [0.25, 0.3) is 5.91 Å². The molecular weight excluding hydrogens is 370 g/mol. The molecule has 7 nitrogen and oxygen atoms in total. The monoisotopic (exact) mass is 391 g/mol. The Labute approximate surface area is 161 Å². The number of carbonyl (C=O) groups is 2. The quantitative estimate of drug-likeness (QED) is 0.781. The largest absolute Gasteiger partial charge is 0.490 e. The second-order valence-corrected chi connectivity index (χ2v) is 6.88. The molecule has 1 aromatic heterocycles. The Morgan fingerprint density at radius 1 is 1.30 bits per heavy atom. The Balaban J connectivity index is 1.75. The smallest absolute Gasteiger partial charge is 0.341 e. The number of benzene rings is 1. The van der Waals surface area contributed by atoms with Crippen LogP contribution in [0.2, 0.25) is 0 Å². The third-order valence-electron chi connectivity index (χ3n) is 4.06. The van der Waals surface area contributed by atoms with E-state index in [9.17, 15) is 9.59 Å². The van der Waals surface area contributed by atoms with E-state index in [4.69, 9.17) is 19.3 Å².